The average Bonchev–Trinajstić information content (AvgIpc) is 2.88. The average molecular weight is 702 g/mol. The molecule has 0 atom stereocenters. The molecule has 0 fully saturated rings. The molecule has 0 spiro atoms. The fourth-order valence-electron chi connectivity index (χ4n) is 4.42. The number of rotatable bonds is 18. The van der Waals surface area contributed by atoms with Crippen LogP contribution in [0, 0.1) is 0 Å². The van der Waals surface area contributed by atoms with Crippen molar-refractivity contribution in [3.05, 3.63) is 70.8 Å². The molecular formula is C32H46O4Pb. The number of hydrogen-bond donors (Lipinski definition) is 0. The summed E-state index contributed by atoms with van der Waals surface area (Å²) >= 11 is 0. The van der Waals surface area contributed by atoms with Gasteiger partial charge in [0.1, 0.15) is 0 Å². The number of carboxylic acid groups (broad SMARTS) is 2. The number of aromatic carboxylic acids is 2. The van der Waals surface area contributed by atoms with Crippen LogP contribution in [0.4, 0.5) is 0 Å². The second-order valence-corrected chi connectivity index (χ2v) is 9.63. The van der Waals surface area contributed by atoms with Gasteiger partial charge in [-0.3, -0.25) is 0 Å². The Hall–Kier alpha value is -1.70. The maximum atomic E-state index is 10.9. The molecule has 0 N–H and O–H groups in total. The molecule has 0 aliphatic carbocycles. The molecule has 0 aliphatic rings. The zero-order chi connectivity index (χ0) is 26.4. The summed E-state index contributed by atoms with van der Waals surface area (Å²) in [4.78, 5) is 21.8. The summed E-state index contributed by atoms with van der Waals surface area (Å²) in [6.45, 7) is 4.44. The van der Waals surface area contributed by atoms with Crippen LogP contribution in [0.5, 0.6) is 0 Å². The Morgan fingerprint density at radius 3 is 1.14 bits per heavy atom. The molecule has 0 aromatic heterocycles. The van der Waals surface area contributed by atoms with Crippen molar-refractivity contribution in [2.75, 3.05) is 0 Å². The van der Waals surface area contributed by atoms with E-state index in [0.717, 1.165) is 36.8 Å². The Kier molecular flexibility index (Phi) is 22.3. The maximum absolute atomic E-state index is 10.9. The number of carboxylic acids is 2. The molecule has 0 aliphatic heterocycles. The Balaban J connectivity index is 0.000000682. The van der Waals surface area contributed by atoms with Gasteiger partial charge in [0.25, 0.3) is 0 Å². The maximum Gasteiger partial charge on any atom is 2.00 e. The van der Waals surface area contributed by atoms with Crippen LogP contribution in [-0.2, 0) is 12.8 Å². The second kappa shape index (κ2) is 23.4. The van der Waals surface area contributed by atoms with Crippen LogP contribution < -0.4 is 10.2 Å². The summed E-state index contributed by atoms with van der Waals surface area (Å²) < 4.78 is 0. The molecule has 2 aromatic rings. The molecule has 4 nitrogen and oxygen atoms in total. The van der Waals surface area contributed by atoms with Gasteiger partial charge in [-0.1, -0.05) is 139 Å². The van der Waals surface area contributed by atoms with Crippen LogP contribution in [-0.4, -0.2) is 39.2 Å². The molecule has 0 bridgehead atoms. The summed E-state index contributed by atoms with van der Waals surface area (Å²) in [5.74, 6) is -2.12. The number of aryl methyl sites for hydroxylation is 2. The van der Waals surface area contributed by atoms with E-state index >= 15 is 0 Å². The van der Waals surface area contributed by atoms with Gasteiger partial charge in [0.05, 0.1) is 11.9 Å². The van der Waals surface area contributed by atoms with Gasteiger partial charge in [-0.2, -0.15) is 0 Å². The van der Waals surface area contributed by atoms with E-state index in [-0.39, 0.29) is 27.3 Å². The molecule has 37 heavy (non-hydrogen) atoms. The molecule has 0 saturated heterocycles. The van der Waals surface area contributed by atoms with Crippen molar-refractivity contribution < 1.29 is 19.8 Å². The van der Waals surface area contributed by atoms with E-state index in [1.54, 1.807) is 24.3 Å². The molecular weight excluding hydrogens is 656 g/mol. The minimum absolute atomic E-state index is 0. The van der Waals surface area contributed by atoms with Crippen molar-refractivity contribution in [2.45, 2.75) is 117 Å². The van der Waals surface area contributed by atoms with Gasteiger partial charge in [-0.05, 0) is 36.8 Å². The number of carbonyl (C=O) groups is 2. The van der Waals surface area contributed by atoms with Gasteiger partial charge >= 0.3 is 27.3 Å². The molecule has 0 amide bonds. The number of hydrogen-bond acceptors (Lipinski definition) is 4. The first-order valence-corrected chi connectivity index (χ1v) is 14.1. The van der Waals surface area contributed by atoms with Crippen LogP contribution in [0.2, 0.25) is 0 Å². The predicted octanol–water partition coefficient (Wildman–Crippen LogP) is 6.31. The van der Waals surface area contributed by atoms with Crippen LogP contribution in [0.25, 0.3) is 0 Å². The van der Waals surface area contributed by atoms with E-state index in [0.29, 0.717) is 11.1 Å². The molecule has 2 aromatic carbocycles. The van der Waals surface area contributed by atoms with E-state index in [4.69, 9.17) is 0 Å². The van der Waals surface area contributed by atoms with E-state index in [1.165, 1.54) is 77.0 Å². The largest absolute Gasteiger partial charge is 2.00 e. The summed E-state index contributed by atoms with van der Waals surface area (Å²) in [5.41, 5.74) is 2.52. The van der Waals surface area contributed by atoms with E-state index in [1.807, 2.05) is 24.3 Å². The molecule has 2 radical (unpaired) electrons. The third-order valence-corrected chi connectivity index (χ3v) is 6.57. The van der Waals surface area contributed by atoms with Gasteiger partial charge in [0, 0.05) is 11.1 Å². The van der Waals surface area contributed by atoms with Crippen molar-refractivity contribution in [2.24, 2.45) is 0 Å². The molecule has 0 saturated carbocycles. The minimum Gasteiger partial charge on any atom is -0.545 e. The number of carbonyl (C=O) groups excluding carboxylic acids is 2. The van der Waals surface area contributed by atoms with E-state index in [2.05, 4.69) is 13.8 Å². The van der Waals surface area contributed by atoms with E-state index in [9.17, 15) is 19.8 Å². The first kappa shape index (κ1) is 35.3. The number of benzene rings is 2. The Morgan fingerprint density at radius 1 is 0.514 bits per heavy atom. The molecule has 2 rings (SSSR count). The Morgan fingerprint density at radius 2 is 0.811 bits per heavy atom. The summed E-state index contributed by atoms with van der Waals surface area (Å²) in [7, 11) is 0. The molecule has 0 unspecified atom stereocenters. The van der Waals surface area contributed by atoms with Gasteiger partial charge in [0.2, 0.25) is 0 Å². The van der Waals surface area contributed by atoms with Crippen molar-refractivity contribution >= 4 is 39.2 Å². The van der Waals surface area contributed by atoms with Crippen LogP contribution >= 0.6 is 0 Å². The fraction of sp³-hybridized carbons (Fsp3) is 0.562. The van der Waals surface area contributed by atoms with Gasteiger partial charge in [-0.15, -0.1) is 0 Å². The summed E-state index contributed by atoms with van der Waals surface area (Å²) in [6, 6.07) is 14.3. The van der Waals surface area contributed by atoms with E-state index < -0.39 is 11.9 Å². The van der Waals surface area contributed by atoms with Crippen molar-refractivity contribution in [3.8, 4) is 0 Å². The van der Waals surface area contributed by atoms with Crippen LogP contribution in [0.15, 0.2) is 48.5 Å². The summed E-state index contributed by atoms with van der Waals surface area (Å²) in [5, 5.41) is 21.8. The minimum atomic E-state index is -1.06. The molecule has 0 heterocycles. The second-order valence-electron chi connectivity index (χ2n) is 9.63. The fourth-order valence-corrected chi connectivity index (χ4v) is 4.42. The summed E-state index contributed by atoms with van der Waals surface area (Å²) in [6.07, 6.45) is 19.2. The third-order valence-electron chi connectivity index (χ3n) is 6.57. The van der Waals surface area contributed by atoms with Gasteiger partial charge in [-0.25, -0.2) is 0 Å². The Labute approximate surface area is 245 Å². The standard InChI is InChI=1S/2C16H24O2.Pb/c2*1-2-3-4-5-6-7-8-11-14-12-9-10-13-15(14)16(17)18;/h2*9-10,12-13H,2-8,11H2,1H3,(H,17,18);/q;;+2/p-2. The zero-order valence-electron chi connectivity index (χ0n) is 23.1. The Bertz CT molecular complexity index is 794. The van der Waals surface area contributed by atoms with Gasteiger partial charge < -0.3 is 19.8 Å². The first-order chi connectivity index (χ1) is 17.5. The topological polar surface area (TPSA) is 80.3 Å². The third kappa shape index (κ3) is 16.7. The number of unbranched alkanes of at least 4 members (excludes halogenated alkanes) is 12. The predicted molar refractivity (Wildman–Crippen MR) is 151 cm³/mol. The monoisotopic (exact) mass is 702 g/mol. The van der Waals surface area contributed by atoms with Crippen molar-refractivity contribution in [1.82, 2.24) is 0 Å². The normalized spacial score (nSPS) is 10.2. The smallest absolute Gasteiger partial charge is 0.545 e. The quantitative estimate of drug-likeness (QED) is 0.135. The SMILES string of the molecule is CCCCCCCCCc1ccccc1C(=O)[O-].CCCCCCCCCc1ccccc1C(=O)[O-].[Pb+2]. The van der Waals surface area contributed by atoms with Crippen LogP contribution in [0.3, 0.4) is 0 Å². The van der Waals surface area contributed by atoms with Crippen molar-refractivity contribution in [1.29, 1.82) is 0 Å². The van der Waals surface area contributed by atoms with Crippen molar-refractivity contribution in [3.63, 3.8) is 0 Å². The molecule has 5 heteroatoms. The first-order valence-electron chi connectivity index (χ1n) is 14.1. The van der Waals surface area contributed by atoms with Gasteiger partial charge in [0.15, 0.2) is 0 Å². The molecule has 202 valence electrons. The zero-order valence-corrected chi connectivity index (χ0v) is 27.0. The van der Waals surface area contributed by atoms with Crippen LogP contribution in [0.1, 0.15) is 136 Å².